The van der Waals surface area contributed by atoms with Gasteiger partial charge in [-0.3, -0.25) is 4.79 Å². The first-order valence-electron chi connectivity index (χ1n) is 3.39. The molecule has 0 aliphatic rings. The predicted molar refractivity (Wildman–Crippen MR) is 45.5 cm³/mol. The summed E-state index contributed by atoms with van der Waals surface area (Å²) < 4.78 is 1.40. The van der Waals surface area contributed by atoms with Crippen LogP contribution in [-0.4, -0.2) is 26.1 Å². The summed E-state index contributed by atoms with van der Waals surface area (Å²) in [5.74, 6) is -0.472. The number of carbonyl (C=O) groups is 1. The van der Waals surface area contributed by atoms with Gasteiger partial charge in [-0.25, -0.2) is 0 Å². The predicted octanol–water partition coefficient (Wildman–Crippen LogP) is -0.177. The lowest BCUT2D eigenvalue weighted by atomic mass is 10.4. The Hall–Kier alpha value is -1.76. The zero-order chi connectivity index (χ0) is 9.26. The third-order valence-corrected chi connectivity index (χ3v) is 2.38. The quantitative estimate of drug-likeness (QED) is 0.720. The van der Waals surface area contributed by atoms with Gasteiger partial charge in [-0.15, -0.1) is 16.4 Å². The summed E-state index contributed by atoms with van der Waals surface area (Å²) in [6.07, 6.45) is 1.41. The minimum absolute atomic E-state index is 0.451. The molecule has 0 aliphatic carbocycles. The zero-order valence-corrected chi connectivity index (χ0v) is 7.23. The van der Waals surface area contributed by atoms with Crippen molar-refractivity contribution in [2.75, 3.05) is 0 Å². The van der Waals surface area contributed by atoms with E-state index in [-0.39, 0.29) is 0 Å². The lowest BCUT2D eigenvalue weighted by molar-refractivity contribution is 0.100. The molecule has 0 atom stereocenters. The molecule has 0 radical (unpaired) electrons. The van der Waals surface area contributed by atoms with E-state index in [9.17, 15) is 4.79 Å². The van der Waals surface area contributed by atoms with Crippen LogP contribution in [0.2, 0.25) is 0 Å². The molecule has 0 aromatic carbocycles. The summed E-state index contributed by atoms with van der Waals surface area (Å²) in [5.41, 5.74) is 5.77. The van der Waals surface area contributed by atoms with E-state index < -0.39 is 5.91 Å². The molecule has 6 nitrogen and oxygen atoms in total. The van der Waals surface area contributed by atoms with Gasteiger partial charge in [0.2, 0.25) is 0 Å². The normalized spacial score (nSPS) is 10.2. The SMILES string of the molecule is NC(=O)c1sccc1-n1cnnn1. The fourth-order valence-electron chi connectivity index (χ4n) is 0.939. The maximum absolute atomic E-state index is 10.9. The molecular weight excluding hydrogens is 190 g/mol. The van der Waals surface area contributed by atoms with Crippen molar-refractivity contribution in [3.63, 3.8) is 0 Å². The van der Waals surface area contributed by atoms with E-state index in [1.165, 1.54) is 22.3 Å². The van der Waals surface area contributed by atoms with Crippen LogP contribution in [0.15, 0.2) is 17.8 Å². The Morgan fingerprint density at radius 1 is 1.62 bits per heavy atom. The van der Waals surface area contributed by atoms with Crippen molar-refractivity contribution in [2.45, 2.75) is 0 Å². The Morgan fingerprint density at radius 3 is 3.08 bits per heavy atom. The first-order valence-corrected chi connectivity index (χ1v) is 4.27. The number of primary amides is 1. The third-order valence-electron chi connectivity index (χ3n) is 1.46. The second-order valence-corrected chi connectivity index (χ2v) is 3.17. The van der Waals surface area contributed by atoms with Crippen LogP contribution in [0, 0.1) is 0 Å². The summed E-state index contributed by atoms with van der Waals surface area (Å²) in [6, 6.07) is 1.74. The number of nitrogens with zero attached hydrogens (tertiary/aromatic N) is 4. The monoisotopic (exact) mass is 195 g/mol. The lowest BCUT2D eigenvalue weighted by Crippen LogP contribution is -2.12. The highest BCUT2D eigenvalue weighted by Gasteiger charge is 2.11. The van der Waals surface area contributed by atoms with Gasteiger partial charge >= 0.3 is 0 Å². The number of aromatic nitrogens is 4. The Morgan fingerprint density at radius 2 is 2.46 bits per heavy atom. The second-order valence-electron chi connectivity index (χ2n) is 2.25. The summed E-state index contributed by atoms with van der Waals surface area (Å²) in [6.45, 7) is 0. The topological polar surface area (TPSA) is 86.7 Å². The van der Waals surface area contributed by atoms with E-state index >= 15 is 0 Å². The van der Waals surface area contributed by atoms with Gasteiger partial charge in [0.05, 0.1) is 5.69 Å². The van der Waals surface area contributed by atoms with E-state index in [1.807, 2.05) is 0 Å². The molecule has 66 valence electrons. The minimum atomic E-state index is -0.472. The number of rotatable bonds is 2. The van der Waals surface area contributed by atoms with Crippen LogP contribution in [0.25, 0.3) is 5.69 Å². The maximum atomic E-state index is 10.9. The number of carbonyl (C=O) groups excluding carboxylic acids is 1. The molecule has 2 heterocycles. The van der Waals surface area contributed by atoms with Gasteiger partial charge in [-0.05, 0) is 21.9 Å². The number of hydrogen-bond donors (Lipinski definition) is 1. The van der Waals surface area contributed by atoms with Crippen molar-refractivity contribution < 1.29 is 4.79 Å². The van der Waals surface area contributed by atoms with E-state index in [0.29, 0.717) is 10.6 Å². The Bertz CT molecular complexity index is 420. The molecule has 13 heavy (non-hydrogen) atoms. The van der Waals surface area contributed by atoms with E-state index in [4.69, 9.17) is 5.73 Å². The molecule has 2 aromatic rings. The van der Waals surface area contributed by atoms with Gasteiger partial charge in [-0.2, -0.15) is 4.68 Å². The number of tetrazole rings is 1. The van der Waals surface area contributed by atoms with Crippen molar-refractivity contribution in [3.05, 3.63) is 22.7 Å². The van der Waals surface area contributed by atoms with E-state index in [2.05, 4.69) is 15.5 Å². The van der Waals surface area contributed by atoms with Crippen molar-refractivity contribution in [2.24, 2.45) is 5.73 Å². The molecule has 0 saturated heterocycles. The van der Waals surface area contributed by atoms with Crippen LogP contribution in [0.5, 0.6) is 0 Å². The number of hydrogen-bond acceptors (Lipinski definition) is 5. The molecule has 1 amide bonds. The van der Waals surface area contributed by atoms with Crippen LogP contribution in [0.3, 0.4) is 0 Å². The van der Waals surface area contributed by atoms with Crippen LogP contribution in [0.4, 0.5) is 0 Å². The number of amides is 1. The van der Waals surface area contributed by atoms with Gasteiger partial charge in [0.1, 0.15) is 11.2 Å². The minimum Gasteiger partial charge on any atom is -0.365 e. The molecule has 0 aliphatic heterocycles. The molecule has 0 saturated carbocycles. The Balaban J connectivity index is 2.52. The summed E-state index contributed by atoms with van der Waals surface area (Å²) >= 11 is 1.26. The van der Waals surface area contributed by atoms with Gasteiger partial charge in [-0.1, -0.05) is 0 Å². The van der Waals surface area contributed by atoms with Crippen molar-refractivity contribution >= 4 is 17.2 Å². The van der Waals surface area contributed by atoms with Gasteiger partial charge in [0, 0.05) is 0 Å². The highest BCUT2D eigenvalue weighted by Crippen LogP contribution is 2.18. The van der Waals surface area contributed by atoms with Gasteiger partial charge < -0.3 is 5.73 Å². The van der Waals surface area contributed by atoms with Crippen LogP contribution < -0.4 is 5.73 Å². The molecular formula is C6H5N5OS. The zero-order valence-electron chi connectivity index (χ0n) is 6.41. The Kier molecular flexibility index (Phi) is 1.78. The third kappa shape index (κ3) is 1.29. The highest BCUT2D eigenvalue weighted by molar-refractivity contribution is 7.12. The highest BCUT2D eigenvalue weighted by atomic mass is 32.1. The van der Waals surface area contributed by atoms with Crippen molar-refractivity contribution in [1.82, 2.24) is 20.2 Å². The van der Waals surface area contributed by atoms with Gasteiger partial charge in [0.15, 0.2) is 0 Å². The lowest BCUT2D eigenvalue weighted by Gasteiger charge is -1.96. The van der Waals surface area contributed by atoms with Crippen LogP contribution in [0.1, 0.15) is 9.67 Å². The van der Waals surface area contributed by atoms with Crippen molar-refractivity contribution in [3.8, 4) is 5.69 Å². The summed E-state index contributed by atoms with van der Waals surface area (Å²) in [4.78, 5) is 11.4. The molecule has 2 rings (SSSR count). The first kappa shape index (κ1) is 7.87. The Labute approximate surface area is 77.0 Å². The van der Waals surface area contributed by atoms with E-state index in [0.717, 1.165) is 0 Å². The van der Waals surface area contributed by atoms with Gasteiger partial charge in [0.25, 0.3) is 5.91 Å². The molecule has 0 unspecified atom stereocenters. The molecule has 0 spiro atoms. The summed E-state index contributed by atoms with van der Waals surface area (Å²) in [7, 11) is 0. The van der Waals surface area contributed by atoms with Crippen LogP contribution >= 0.6 is 11.3 Å². The number of nitrogens with two attached hydrogens (primary N) is 1. The molecule has 0 bridgehead atoms. The average molecular weight is 195 g/mol. The van der Waals surface area contributed by atoms with Crippen LogP contribution in [-0.2, 0) is 0 Å². The largest absolute Gasteiger partial charge is 0.365 e. The summed E-state index contributed by atoms with van der Waals surface area (Å²) in [5, 5.41) is 12.3. The number of thiophene rings is 1. The van der Waals surface area contributed by atoms with Crippen molar-refractivity contribution in [1.29, 1.82) is 0 Å². The second kappa shape index (κ2) is 2.94. The maximum Gasteiger partial charge on any atom is 0.260 e. The molecule has 7 heteroatoms. The standard InChI is InChI=1S/C6H5N5OS/c7-6(12)5-4(1-2-13-5)11-3-8-9-10-11/h1-3H,(H2,7,12). The first-order chi connectivity index (χ1) is 6.29. The molecule has 2 aromatic heterocycles. The molecule has 2 N–H and O–H groups in total. The molecule has 0 fully saturated rings. The average Bonchev–Trinajstić information content (AvgIpc) is 2.74. The van der Waals surface area contributed by atoms with E-state index in [1.54, 1.807) is 11.4 Å². The smallest absolute Gasteiger partial charge is 0.260 e. The fraction of sp³-hybridized carbons (Fsp3) is 0. The fourth-order valence-corrected chi connectivity index (χ4v) is 1.67.